The summed E-state index contributed by atoms with van der Waals surface area (Å²) in [5.41, 5.74) is 9.19. The van der Waals surface area contributed by atoms with Gasteiger partial charge in [0.15, 0.2) is 0 Å². The van der Waals surface area contributed by atoms with Gasteiger partial charge in [-0.15, -0.1) is 0 Å². The summed E-state index contributed by atoms with van der Waals surface area (Å²) < 4.78 is 2.31. The topological polar surface area (TPSA) is 17.8 Å². The molecule has 0 saturated carbocycles. The fourth-order valence-corrected chi connectivity index (χ4v) is 6.83. The van der Waals surface area contributed by atoms with Crippen LogP contribution in [0.1, 0.15) is 0 Å². The van der Waals surface area contributed by atoms with Gasteiger partial charge in [-0.1, -0.05) is 133 Å². The molecule has 0 spiro atoms. The van der Waals surface area contributed by atoms with Crippen LogP contribution in [0.5, 0.6) is 0 Å². The number of rotatable bonds is 4. The van der Waals surface area contributed by atoms with Crippen molar-refractivity contribution in [1.82, 2.24) is 9.55 Å². The molecular weight excluding hydrogens is 544 g/mol. The second kappa shape index (κ2) is 10.3. The van der Waals surface area contributed by atoms with Gasteiger partial charge in [0.25, 0.3) is 0 Å². The fraction of sp³-hybridized carbons (Fsp3) is 0. The van der Waals surface area contributed by atoms with Gasteiger partial charge in [0, 0.05) is 11.3 Å². The monoisotopic (exact) mass is 572 g/mol. The lowest BCUT2D eigenvalue weighted by Crippen LogP contribution is -1.99. The fourth-order valence-electron chi connectivity index (χ4n) is 6.83. The van der Waals surface area contributed by atoms with E-state index in [1.807, 2.05) is 0 Å². The van der Waals surface area contributed by atoms with Crippen molar-refractivity contribution in [2.24, 2.45) is 0 Å². The summed E-state index contributed by atoms with van der Waals surface area (Å²) in [7, 11) is 0. The summed E-state index contributed by atoms with van der Waals surface area (Å²) in [5.74, 6) is 0.952. The summed E-state index contributed by atoms with van der Waals surface area (Å²) in [6.45, 7) is 0. The van der Waals surface area contributed by atoms with Crippen molar-refractivity contribution in [3.63, 3.8) is 0 Å². The zero-order valence-corrected chi connectivity index (χ0v) is 24.6. The number of fused-ring (bicyclic) bond motifs is 4. The summed E-state index contributed by atoms with van der Waals surface area (Å²) in [6, 6.07) is 60.9. The molecule has 1 heterocycles. The smallest absolute Gasteiger partial charge is 0.146 e. The molecular formula is C43H28N2. The van der Waals surface area contributed by atoms with E-state index in [9.17, 15) is 0 Å². The molecule has 2 nitrogen and oxygen atoms in total. The van der Waals surface area contributed by atoms with Crippen molar-refractivity contribution in [2.45, 2.75) is 0 Å². The van der Waals surface area contributed by atoms with Crippen molar-refractivity contribution in [3.8, 4) is 39.3 Å². The average Bonchev–Trinajstić information content (AvgIpc) is 3.50. The Morgan fingerprint density at radius 3 is 1.93 bits per heavy atom. The molecule has 0 aliphatic carbocycles. The highest BCUT2D eigenvalue weighted by Gasteiger charge is 2.20. The van der Waals surface area contributed by atoms with Gasteiger partial charge in [0.05, 0.1) is 11.0 Å². The summed E-state index contributed by atoms with van der Waals surface area (Å²) in [4.78, 5) is 5.29. The van der Waals surface area contributed by atoms with Crippen molar-refractivity contribution >= 4 is 43.4 Å². The maximum absolute atomic E-state index is 5.29. The molecule has 0 amide bonds. The Labute approximate surface area is 261 Å². The number of nitrogens with zero attached hydrogens (tertiary/aromatic N) is 2. The van der Waals surface area contributed by atoms with Gasteiger partial charge in [-0.05, 0) is 91.0 Å². The average molecular weight is 573 g/mol. The first-order valence-electron chi connectivity index (χ1n) is 15.4. The molecule has 0 radical (unpaired) electrons. The number of imidazole rings is 1. The molecule has 0 fully saturated rings. The van der Waals surface area contributed by atoms with Crippen LogP contribution in [-0.2, 0) is 0 Å². The Balaban J connectivity index is 1.26. The third kappa shape index (κ3) is 4.22. The Kier molecular flexibility index (Phi) is 5.85. The Morgan fingerprint density at radius 2 is 1.07 bits per heavy atom. The maximum atomic E-state index is 5.29. The van der Waals surface area contributed by atoms with E-state index in [2.05, 4.69) is 174 Å². The first kappa shape index (κ1) is 25.5. The normalized spacial score (nSPS) is 11.6. The van der Waals surface area contributed by atoms with Gasteiger partial charge in [0.1, 0.15) is 5.82 Å². The Bertz CT molecular complexity index is 2520. The predicted octanol–water partition coefficient (Wildman–Crippen LogP) is 11.5. The minimum atomic E-state index is 0.952. The molecule has 9 aromatic rings. The van der Waals surface area contributed by atoms with Gasteiger partial charge < -0.3 is 0 Å². The minimum absolute atomic E-state index is 0.952. The first-order valence-corrected chi connectivity index (χ1v) is 15.4. The maximum Gasteiger partial charge on any atom is 0.146 e. The zero-order valence-electron chi connectivity index (χ0n) is 24.6. The number of hydrogen-bond donors (Lipinski definition) is 0. The molecule has 0 N–H and O–H groups in total. The molecule has 8 aromatic carbocycles. The highest BCUT2D eigenvalue weighted by Crippen LogP contribution is 2.42. The van der Waals surface area contributed by atoms with Gasteiger partial charge in [-0.25, -0.2) is 4.98 Å². The second-order valence-electron chi connectivity index (χ2n) is 11.6. The highest BCUT2D eigenvalue weighted by atomic mass is 15.1. The van der Waals surface area contributed by atoms with Crippen LogP contribution in [0, 0.1) is 0 Å². The van der Waals surface area contributed by atoms with Crippen LogP contribution in [0.4, 0.5) is 0 Å². The van der Waals surface area contributed by atoms with E-state index in [0.29, 0.717) is 0 Å². The standard InChI is InChI=1S/C43H28N2/c1-2-14-35(15-3-1)45-41-20-9-8-19-40(41)44-43(45)42-37-16-7-6-13-34(37)28-39-36(17-10-18-38(39)42)31-24-21-30(22-25-31)33-26-23-29-11-4-5-12-32(29)27-33/h1-28H. The van der Waals surface area contributed by atoms with E-state index < -0.39 is 0 Å². The molecule has 0 aliphatic heterocycles. The molecule has 0 unspecified atom stereocenters. The zero-order chi connectivity index (χ0) is 29.7. The van der Waals surface area contributed by atoms with E-state index in [1.165, 1.54) is 54.6 Å². The molecule has 0 saturated heterocycles. The van der Waals surface area contributed by atoms with Crippen LogP contribution >= 0.6 is 0 Å². The van der Waals surface area contributed by atoms with Crippen molar-refractivity contribution < 1.29 is 0 Å². The van der Waals surface area contributed by atoms with Crippen molar-refractivity contribution in [3.05, 3.63) is 170 Å². The number of hydrogen-bond acceptors (Lipinski definition) is 1. The third-order valence-corrected chi connectivity index (χ3v) is 8.98. The molecule has 2 heteroatoms. The lowest BCUT2D eigenvalue weighted by atomic mass is 9.90. The van der Waals surface area contributed by atoms with Crippen LogP contribution in [0.2, 0.25) is 0 Å². The van der Waals surface area contributed by atoms with Gasteiger partial charge in [0.2, 0.25) is 0 Å². The molecule has 0 bridgehead atoms. The number of aromatic nitrogens is 2. The van der Waals surface area contributed by atoms with Crippen LogP contribution in [-0.4, -0.2) is 9.55 Å². The molecule has 1 aromatic heterocycles. The highest BCUT2D eigenvalue weighted by molar-refractivity contribution is 6.16. The van der Waals surface area contributed by atoms with E-state index >= 15 is 0 Å². The second-order valence-corrected chi connectivity index (χ2v) is 11.6. The van der Waals surface area contributed by atoms with Crippen molar-refractivity contribution in [1.29, 1.82) is 0 Å². The lowest BCUT2D eigenvalue weighted by Gasteiger charge is -2.16. The lowest BCUT2D eigenvalue weighted by molar-refractivity contribution is 1.11. The van der Waals surface area contributed by atoms with Gasteiger partial charge in [-0.3, -0.25) is 4.57 Å². The summed E-state index contributed by atoms with van der Waals surface area (Å²) in [6.07, 6.45) is 0. The predicted molar refractivity (Wildman–Crippen MR) is 190 cm³/mol. The third-order valence-electron chi connectivity index (χ3n) is 8.98. The number of para-hydroxylation sites is 3. The van der Waals surface area contributed by atoms with E-state index in [4.69, 9.17) is 4.98 Å². The van der Waals surface area contributed by atoms with Crippen molar-refractivity contribution in [2.75, 3.05) is 0 Å². The molecule has 210 valence electrons. The van der Waals surface area contributed by atoms with Crippen LogP contribution in [0.15, 0.2) is 170 Å². The van der Waals surface area contributed by atoms with E-state index in [1.54, 1.807) is 0 Å². The molecule has 45 heavy (non-hydrogen) atoms. The van der Waals surface area contributed by atoms with Crippen LogP contribution in [0.3, 0.4) is 0 Å². The SMILES string of the molecule is c1ccc(-n2c(-c3c4ccccc4cc4c(-c5ccc(-c6ccc7ccccc7c6)cc5)cccc34)nc3ccccc32)cc1. The number of benzene rings is 8. The van der Waals surface area contributed by atoms with Crippen LogP contribution in [0.25, 0.3) is 82.7 Å². The van der Waals surface area contributed by atoms with Crippen LogP contribution < -0.4 is 0 Å². The quantitative estimate of drug-likeness (QED) is 0.192. The Hall–Kier alpha value is -5.99. The minimum Gasteiger partial charge on any atom is -0.292 e. The largest absolute Gasteiger partial charge is 0.292 e. The van der Waals surface area contributed by atoms with Gasteiger partial charge >= 0.3 is 0 Å². The first-order chi connectivity index (χ1) is 22.3. The van der Waals surface area contributed by atoms with E-state index in [0.717, 1.165) is 28.1 Å². The van der Waals surface area contributed by atoms with Gasteiger partial charge in [-0.2, -0.15) is 0 Å². The Morgan fingerprint density at radius 1 is 0.400 bits per heavy atom. The molecule has 9 rings (SSSR count). The van der Waals surface area contributed by atoms with E-state index in [-0.39, 0.29) is 0 Å². The molecule has 0 aliphatic rings. The summed E-state index contributed by atoms with van der Waals surface area (Å²) >= 11 is 0. The molecule has 0 atom stereocenters. The summed E-state index contributed by atoms with van der Waals surface area (Å²) in [5, 5.41) is 7.33.